The van der Waals surface area contributed by atoms with Gasteiger partial charge in [0.1, 0.15) is 12.2 Å². The molecule has 23 heavy (non-hydrogen) atoms. The minimum atomic E-state index is -4.28. The van der Waals surface area contributed by atoms with Gasteiger partial charge >= 0.3 is 6.18 Å². The first-order chi connectivity index (χ1) is 10.9. The SMILES string of the molecule is Cn1ncnc1CN1CCN(c2ccc(C(F)(F)F)cc2)CC1. The third-order valence-electron chi connectivity index (χ3n) is 4.10. The summed E-state index contributed by atoms with van der Waals surface area (Å²) in [7, 11) is 1.86. The molecule has 0 atom stereocenters. The normalized spacial score (nSPS) is 16.8. The second-order valence-electron chi connectivity index (χ2n) is 5.61. The molecule has 1 fully saturated rings. The largest absolute Gasteiger partial charge is 0.416 e. The molecular formula is C15H18F3N5. The van der Waals surface area contributed by atoms with Gasteiger partial charge < -0.3 is 4.90 Å². The number of alkyl halides is 3. The average molecular weight is 325 g/mol. The van der Waals surface area contributed by atoms with Gasteiger partial charge in [-0.3, -0.25) is 9.58 Å². The van der Waals surface area contributed by atoms with Gasteiger partial charge in [-0.2, -0.15) is 18.3 Å². The molecule has 1 saturated heterocycles. The van der Waals surface area contributed by atoms with Gasteiger partial charge in [0.15, 0.2) is 0 Å². The Hall–Kier alpha value is -2.09. The summed E-state index contributed by atoms with van der Waals surface area (Å²) in [4.78, 5) is 8.58. The van der Waals surface area contributed by atoms with Crippen molar-refractivity contribution < 1.29 is 13.2 Å². The minimum Gasteiger partial charge on any atom is -0.369 e. The Balaban J connectivity index is 1.57. The van der Waals surface area contributed by atoms with Gasteiger partial charge in [0.2, 0.25) is 0 Å². The van der Waals surface area contributed by atoms with Crippen molar-refractivity contribution in [1.82, 2.24) is 19.7 Å². The highest BCUT2D eigenvalue weighted by atomic mass is 19.4. The second kappa shape index (κ2) is 6.19. The quantitative estimate of drug-likeness (QED) is 0.867. The maximum Gasteiger partial charge on any atom is 0.416 e. The number of aryl methyl sites for hydroxylation is 1. The van der Waals surface area contributed by atoms with Crippen LogP contribution in [0, 0.1) is 0 Å². The Kier molecular flexibility index (Phi) is 4.25. The molecule has 124 valence electrons. The summed E-state index contributed by atoms with van der Waals surface area (Å²) < 4.78 is 39.5. The molecule has 1 aliphatic heterocycles. The summed E-state index contributed by atoms with van der Waals surface area (Å²) in [6.07, 6.45) is -2.75. The molecule has 1 aromatic heterocycles. The third kappa shape index (κ3) is 3.64. The number of rotatable bonds is 3. The van der Waals surface area contributed by atoms with Crippen molar-refractivity contribution in [3.63, 3.8) is 0 Å². The van der Waals surface area contributed by atoms with E-state index in [-0.39, 0.29) is 0 Å². The van der Waals surface area contributed by atoms with E-state index in [1.165, 1.54) is 6.33 Å². The Morgan fingerprint density at radius 2 is 1.70 bits per heavy atom. The molecule has 0 unspecified atom stereocenters. The topological polar surface area (TPSA) is 37.2 Å². The van der Waals surface area contributed by atoms with Crippen LogP contribution in [0.25, 0.3) is 0 Å². The fraction of sp³-hybridized carbons (Fsp3) is 0.467. The van der Waals surface area contributed by atoms with Crippen molar-refractivity contribution >= 4 is 5.69 Å². The van der Waals surface area contributed by atoms with E-state index in [2.05, 4.69) is 19.9 Å². The van der Waals surface area contributed by atoms with Gasteiger partial charge in [-0.05, 0) is 24.3 Å². The summed E-state index contributed by atoms with van der Waals surface area (Å²) in [5.41, 5.74) is 0.221. The standard InChI is InChI=1S/C15H18F3N5/c1-21-14(19-11-20-21)10-22-6-8-23(9-7-22)13-4-2-12(3-5-13)15(16,17)18/h2-5,11H,6-10H2,1H3. The van der Waals surface area contributed by atoms with Crippen LogP contribution in [0.15, 0.2) is 30.6 Å². The highest BCUT2D eigenvalue weighted by Crippen LogP contribution is 2.30. The Labute approximate surface area is 132 Å². The third-order valence-corrected chi connectivity index (χ3v) is 4.10. The van der Waals surface area contributed by atoms with Crippen molar-refractivity contribution in [2.45, 2.75) is 12.7 Å². The number of halogens is 3. The van der Waals surface area contributed by atoms with E-state index in [0.717, 1.165) is 56.4 Å². The molecule has 0 bridgehead atoms. The molecule has 2 heterocycles. The van der Waals surface area contributed by atoms with Crippen LogP contribution in [0.5, 0.6) is 0 Å². The Bertz CT molecular complexity index is 642. The number of piperazine rings is 1. The predicted octanol–water partition coefficient (Wildman–Crippen LogP) is 2.16. The van der Waals surface area contributed by atoms with Gasteiger partial charge in [-0.25, -0.2) is 4.98 Å². The first-order valence-corrected chi connectivity index (χ1v) is 7.41. The van der Waals surface area contributed by atoms with Gasteiger partial charge in [-0.15, -0.1) is 0 Å². The lowest BCUT2D eigenvalue weighted by molar-refractivity contribution is -0.137. The maximum absolute atomic E-state index is 12.6. The summed E-state index contributed by atoms with van der Waals surface area (Å²) in [5.74, 6) is 0.910. The molecular weight excluding hydrogens is 307 g/mol. The highest BCUT2D eigenvalue weighted by Gasteiger charge is 2.30. The lowest BCUT2D eigenvalue weighted by Gasteiger charge is -2.35. The molecule has 1 aromatic carbocycles. The molecule has 5 nitrogen and oxygen atoms in total. The Morgan fingerprint density at radius 1 is 1.04 bits per heavy atom. The predicted molar refractivity (Wildman–Crippen MR) is 79.9 cm³/mol. The van der Waals surface area contributed by atoms with Gasteiger partial charge in [0.25, 0.3) is 0 Å². The molecule has 0 saturated carbocycles. The number of hydrogen-bond acceptors (Lipinski definition) is 4. The number of aromatic nitrogens is 3. The molecule has 0 N–H and O–H groups in total. The Morgan fingerprint density at radius 3 is 2.22 bits per heavy atom. The van der Waals surface area contributed by atoms with Gasteiger partial charge in [0.05, 0.1) is 12.1 Å². The fourth-order valence-corrected chi connectivity index (χ4v) is 2.69. The molecule has 2 aromatic rings. The van der Waals surface area contributed by atoms with Crippen molar-refractivity contribution in [1.29, 1.82) is 0 Å². The zero-order valence-electron chi connectivity index (χ0n) is 12.8. The first kappa shape index (κ1) is 15.8. The molecule has 3 rings (SSSR count). The summed E-state index contributed by atoms with van der Waals surface area (Å²) in [6, 6.07) is 5.37. The van der Waals surface area contributed by atoms with Crippen molar-refractivity contribution in [3.8, 4) is 0 Å². The molecule has 8 heteroatoms. The smallest absolute Gasteiger partial charge is 0.369 e. The lowest BCUT2D eigenvalue weighted by atomic mass is 10.1. The van der Waals surface area contributed by atoms with E-state index in [1.54, 1.807) is 16.8 Å². The van der Waals surface area contributed by atoms with Crippen LogP contribution in [0.3, 0.4) is 0 Å². The monoisotopic (exact) mass is 325 g/mol. The van der Waals surface area contributed by atoms with Crippen LogP contribution in [0.1, 0.15) is 11.4 Å². The molecule has 1 aliphatic rings. The average Bonchev–Trinajstić information content (AvgIpc) is 2.93. The maximum atomic E-state index is 12.6. The minimum absolute atomic E-state index is 0.609. The summed E-state index contributed by atoms with van der Waals surface area (Å²) in [6.45, 7) is 3.98. The zero-order valence-corrected chi connectivity index (χ0v) is 12.8. The van der Waals surface area contributed by atoms with Crippen LogP contribution in [-0.4, -0.2) is 45.8 Å². The number of anilines is 1. The van der Waals surface area contributed by atoms with E-state index in [4.69, 9.17) is 0 Å². The molecule has 0 spiro atoms. The highest BCUT2D eigenvalue weighted by molar-refractivity contribution is 5.48. The summed E-state index contributed by atoms with van der Waals surface area (Å²) >= 11 is 0. The molecule has 0 radical (unpaired) electrons. The number of hydrogen-bond donors (Lipinski definition) is 0. The van der Waals surface area contributed by atoms with E-state index in [9.17, 15) is 13.2 Å². The first-order valence-electron chi connectivity index (χ1n) is 7.41. The zero-order chi connectivity index (χ0) is 16.4. The lowest BCUT2D eigenvalue weighted by Crippen LogP contribution is -2.46. The van der Waals surface area contributed by atoms with Gasteiger partial charge in [-0.1, -0.05) is 0 Å². The van der Waals surface area contributed by atoms with E-state index in [1.807, 2.05) is 7.05 Å². The number of benzene rings is 1. The van der Waals surface area contributed by atoms with Crippen LogP contribution < -0.4 is 4.90 Å². The van der Waals surface area contributed by atoms with Crippen LogP contribution >= 0.6 is 0 Å². The van der Waals surface area contributed by atoms with Crippen LogP contribution in [0.4, 0.5) is 18.9 Å². The van der Waals surface area contributed by atoms with Crippen LogP contribution in [-0.2, 0) is 19.8 Å². The van der Waals surface area contributed by atoms with E-state index in [0.29, 0.717) is 0 Å². The number of nitrogens with zero attached hydrogens (tertiary/aromatic N) is 5. The van der Waals surface area contributed by atoms with Gasteiger partial charge in [0, 0.05) is 38.9 Å². The van der Waals surface area contributed by atoms with E-state index >= 15 is 0 Å². The molecule has 0 aliphatic carbocycles. The van der Waals surface area contributed by atoms with E-state index < -0.39 is 11.7 Å². The summed E-state index contributed by atoms with van der Waals surface area (Å²) in [5, 5.41) is 4.05. The van der Waals surface area contributed by atoms with Crippen molar-refractivity contribution in [3.05, 3.63) is 42.0 Å². The van der Waals surface area contributed by atoms with Crippen molar-refractivity contribution in [2.24, 2.45) is 7.05 Å². The second-order valence-corrected chi connectivity index (χ2v) is 5.61. The molecule has 0 amide bonds. The van der Waals surface area contributed by atoms with Crippen LogP contribution in [0.2, 0.25) is 0 Å². The fourth-order valence-electron chi connectivity index (χ4n) is 2.69. The van der Waals surface area contributed by atoms with Crippen molar-refractivity contribution in [2.75, 3.05) is 31.1 Å².